The maximum absolute atomic E-state index is 5.49. The predicted octanol–water partition coefficient (Wildman–Crippen LogP) is 1.63. The van der Waals surface area contributed by atoms with E-state index in [1.807, 2.05) is 17.8 Å². The van der Waals surface area contributed by atoms with Gasteiger partial charge in [-0.3, -0.25) is 11.3 Å². The summed E-state index contributed by atoms with van der Waals surface area (Å²) in [5.74, 6) is 7.99. The van der Waals surface area contributed by atoms with Crippen LogP contribution in [0.1, 0.15) is 13.3 Å². The van der Waals surface area contributed by atoms with E-state index in [1.165, 1.54) is 17.9 Å². The van der Waals surface area contributed by atoms with Gasteiger partial charge < -0.3 is 0 Å². The SMILES string of the molecule is C=CC(NN)C1SCCSC1CC. The summed E-state index contributed by atoms with van der Waals surface area (Å²) in [6, 6.07) is 0.253. The standard InChI is InChI=1S/C9H18N2S2/c1-3-7(11-10)9-8(4-2)12-5-6-13-9/h3,7-9,11H,1,4-6,10H2,2H3. The molecule has 13 heavy (non-hydrogen) atoms. The molecule has 1 rings (SSSR count). The van der Waals surface area contributed by atoms with Crippen LogP contribution in [0, 0.1) is 0 Å². The second-order valence-electron chi connectivity index (χ2n) is 3.08. The van der Waals surface area contributed by atoms with Gasteiger partial charge in [0.25, 0.3) is 0 Å². The smallest absolute Gasteiger partial charge is 0.0517 e. The van der Waals surface area contributed by atoms with Crippen molar-refractivity contribution in [3.05, 3.63) is 12.7 Å². The van der Waals surface area contributed by atoms with Gasteiger partial charge in [0, 0.05) is 22.0 Å². The molecule has 3 N–H and O–H groups in total. The summed E-state index contributed by atoms with van der Waals surface area (Å²) in [6.07, 6.45) is 3.14. The molecule has 1 aliphatic rings. The Balaban J connectivity index is 2.56. The fourth-order valence-electron chi connectivity index (χ4n) is 1.57. The summed E-state index contributed by atoms with van der Waals surface area (Å²) in [6.45, 7) is 6.05. The van der Waals surface area contributed by atoms with Gasteiger partial charge in [0.15, 0.2) is 0 Å². The lowest BCUT2D eigenvalue weighted by Crippen LogP contribution is -2.46. The van der Waals surface area contributed by atoms with Gasteiger partial charge in [-0.2, -0.15) is 23.5 Å². The Morgan fingerprint density at radius 3 is 2.85 bits per heavy atom. The van der Waals surface area contributed by atoms with E-state index in [1.54, 1.807) is 0 Å². The molecule has 0 bridgehead atoms. The van der Waals surface area contributed by atoms with Gasteiger partial charge in [-0.25, -0.2) is 0 Å². The summed E-state index contributed by atoms with van der Waals surface area (Å²) < 4.78 is 0. The first-order valence-corrected chi connectivity index (χ1v) is 6.75. The Morgan fingerprint density at radius 1 is 1.62 bits per heavy atom. The van der Waals surface area contributed by atoms with Crippen LogP contribution in [0.3, 0.4) is 0 Å². The van der Waals surface area contributed by atoms with Crippen molar-refractivity contribution in [2.45, 2.75) is 29.9 Å². The van der Waals surface area contributed by atoms with E-state index in [0.717, 1.165) is 5.25 Å². The molecule has 0 aromatic rings. The lowest BCUT2D eigenvalue weighted by molar-refractivity contribution is 0.570. The van der Waals surface area contributed by atoms with Crippen LogP contribution in [0.25, 0.3) is 0 Å². The molecule has 3 unspecified atom stereocenters. The highest BCUT2D eigenvalue weighted by Gasteiger charge is 2.29. The largest absolute Gasteiger partial charge is 0.271 e. The molecular formula is C9H18N2S2. The molecule has 2 nitrogen and oxygen atoms in total. The number of hydrogen-bond donors (Lipinski definition) is 2. The van der Waals surface area contributed by atoms with Gasteiger partial charge in [-0.1, -0.05) is 13.0 Å². The van der Waals surface area contributed by atoms with Crippen molar-refractivity contribution in [2.24, 2.45) is 5.84 Å². The summed E-state index contributed by atoms with van der Waals surface area (Å²) in [5.41, 5.74) is 2.83. The number of rotatable bonds is 4. The fourth-order valence-corrected chi connectivity index (χ4v) is 4.78. The summed E-state index contributed by atoms with van der Waals surface area (Å²) in [5, 5.41) is 1.31. The number of hydrogen-bond acceptors (Lipinski definition) is 4. The normalized spacial score (nSPS) is 31.2. The molecule has 0 saturated carbocycles. The number of hydrazine groups is 1. The molecule has 1 aliphatic heterocycles. The van der Waals surface area contributed by atoms with E-state index in [0.29, 0.717) is 5.25 Å². The molecule has 0 aromatic carbocycles. The van der Waals surface area contributed by atoms with Crippen molar-refractivity contribution in [1.29, 1.82) is 0 Å². The van der Waals surface area contributed by atoms with E-state index in [-0.39, 0.29) is 6.04 Å². The average Bonchev–Trinajstić information content (AvgIpc) is 2.20. The van der Waals surface area contributed by atoms with Crippen LogP contribution in [-0.4, -0.2) is 28.0 Å². The number of nitrogens with one attached hydrogen (secondary N) is 1. The van der Waals surface area contributed by atoms with E-state index >= 15 is 0 Å². The Kier molecular flexibility index (Phi) is 5.24. The molecule has 0 radical (unpaired) electrons. The first-order valence-electron chi connectivity index (χ1n) is 4.65. The molecule has 0 amide bonds. The van der Waals surface area contributed by atoms with Crippen molar-refractivity contribution >= 4 is 23.5 Å². The second kappa shape index (κ2) is 5.96. The zero-order valence-corrected chi connectivity index (χ0v) is 9.66. The van der Waals surface area contributed by atoms with Crippen molar-refractivity contribution in [2.75, 3.05) is 11.5 Å². The van der Waals surface area contributed by atoms with Gasteiger partial charge in [0.05, 0.1) is 6.04 Å². The molecule has 3 atom stereocenters. The molecule has 1 fully saturated rings. The van der Waals surface area contributed by atoms with Crippen LogP contribution < -0.4 is 11.3 Å². The highest BCUT2D eigenvalue weighted by molar-refractivity contribution is 8.07. The van der Waals surface area contributed by atoms with Crippen LogP contribution in [0.15, 0.2) is 12.7 Å². The van der Waals surface area contributed by atoms with Crippen molar-refractivity contribution in [1.82, 2.24) is 5.43 Å². The minimum atomic E-state index is 0.253. The van der Waals surface area contributed by atoms with Crippen LogP contribution in [-0.2, 0) is 0 Å². The zero-order valence-electron chi connectivity index (χ0n) is 8.03. The van der Waals surface area contributed by atoms with E-state index in [2.05, 4.69) is 30.7 Å². The number of nitrogens with two attached hydrogens (primary N) is 1. The van der Waals surface area contributed by atoms with Gasteiger partial charge >= 0.3 is 0 Å². The van der Waals surface area contributed by atoms with Crippen LogP contribution in [0.5, 0.6) is 0 Å². The Labute approximate surface area is 89.1 Å². The molecule has 1 saturated heterocycles. The first-order chi connectivity index (χ1) is 6.33. The van der Waals surface area contributed by atoms with Crippen molar-refractivity contribution in [3.63, 3.8) is 0 Å². The molecule has 76 valence electrons. The maximum atomic E-state index is 5.49. The Bertz CT molecular complexity index is 164. The Morgan fingerprint density at radius 2 is 2.31 bits per heavy atom. The summed E-state index contributed by atoms with van der Waals surface area (Å²) in [4.78, 5) is 0. The molecule has 0 aliphatic carbocycles. The first kappa shape index (κ1) is 11.4. The average molecular weight is 218 g/mol. The predicted molar refractivity (Wildman–Crippen MR) is 64.1 cm³/mol. The van der Waals surface area contributed by atoms with Crippen molar-refractivity contribution in [3.8, 4) is 0 Å². The summed E-state index contributed by atoms with van der Waals surface area (Å²) in [7, 11) is 0. The van der Waals surface area contributed by atoms with Gasteiger partial charge in [0.2, 0.25) is 0 Å². The molecule has 0 aromatic heterocycles. The monoisotopic (exact) mass is 218 g/mol. The third-order valence-electron chi connectivity index (χ3n) is 2.29. The van der Waals surface area contributed by atoms with Gasteiger partial charge in [-0.15, -0.1) is 6.58 Å². The third kappa shape index (κ3) is 2.91. The quantitative estimate of drug-likeness (QED) is 0.427. The Hall–Kier alpha value is 0.360. The van der Waals surface area contributed by atoms with Gasteiger partial charge in [-0.05, 0) is 6.42 Å². The molecular weight excluding hydrogens is 200 g/mol. The van der Waals surface area contributed by atoms with Crippen LogP contribution in [0.2, 0.25) is 0 Å². The zero-order chi connectivity index (χ0) is 9.68. The van der Waals surface area contributed by atoms with E-state index in [9.17, 15) is 0 Å². The van der Waals surface area contributed by atoms with Crippen LogP contribution in [0.4, 0.5) is 0 Å². The lowest BCUT2D eigenvalue weighted by atomic mass is 10.1. The minimum absolute atomic E-state index is 0.253. The van der Waals surface area contributed by atoms with Gasteiger partial charge in [0.1, 0.15) is 0 Å². The minimum Gasteiger partial charge on any atom is -0.271 e. The molecule has 4 heteroatoms. The summed E-state index contributed by atoms with van der Waals surface area (Å²) >= 11 is 4.08. The highest BCUT2D eigenvalue weighted by Crippen LogP contribution is 2.35. The van der Waals surface area contributed by atoms with E-state index < -0.39 is 0 Å². The second-order valence-corrected chi connectivity index (χ2v) is 5.71. The number of thioether (sulfide) groups is 2. The third-order valence-corrected chi connectivity index (χ3v) is 5.67. The lowest BCUT2D eigenvalue weighted by Gasteiger charge is -2.34. The van der Waals surface area contributed by atoms with Crippen molar-refractivity contribution < 1.29 is 0 Å². The maximum Gasteiger partial charge on any atom is 0.0517 e. The fraction of sp³-hybridized carbons (Fsp3) is 0.778. The highest BCUT2D eigenvalue weighted by atomic mass is 32.2. The molecule has 0 spiro atoms. The van der Waals surface area contributed by atoms with E-state index in [4.69, 9.17) is 5.84 Å². The topological polar surface area (TPSA) is 38.0 Å². The molecule has 1 heterocycles. The van der Waals surface area contributed by atoms with Crippen LogP contribution >= 0.6 is 23.5 Å².